The number of pyridine rings is 1. The lowest BCUT2D eigenvalue weighted by Crippen LogP contribution is -2.00. The number of aromatic nitrogens is 1. The Balaban J connectivity index is 0.000000921. The second-order valence-corrected chi connectivity index (χ2v) is 3.58. The summed E-state index contributed by atoms with van der Waals surface area (Å²) in [6.07, 6.45) is 0. The Labute approximate surface area is 93.0 Å². The van der Waals surface area contributed by atoms with E-state index in [9.17, 15) is 0 Å². The summed E-state index contributed by atoms with van der Waals surface area (Å²) in [5.74, 6) is 0.384. The van der Waals surface area contributed by atoms with E-state index in [0.29, 0.717) is 5.92 Å². The van der Waals surface area contributed by atoms with E-state index < -0.39 is 0 Å². The molecule has 2 nitrogen and oxygen atoms in total. The van der Waals surface area contributed by atoms with Gasteiger partial charge in [0.15, 0.2) is 0 Å². The maximum absolute atomic E-state index is 8.95. The third-order valence-electron chi connectivity index (χ3n) is 2.09. The molecular weight excluding hydrogens is 184 g/mol. The lowest BCUT2D eigenvalue weighted by Gasteiger charge is -2.10. The first kappa shape index (κ1) is 13.6. The fourth-order valence-corrected chi connectivity index (χ4v) is 1.46. The van der Waals surface area contributed by atoms with E-state index in [2.05, 4.69) is 24.9 Å². The largest absolute Gasteiger partial charge is 0.257 e. The number of aryl methyl sites for hydroxylation is 2. The van der Waals surface area contributed by atoms with Crippen LogP contribution in [0.3, 0.4) is 0 Å². The minimum atomic E-state index is 0.384. The van der Waals surface area contributed by atoms with E-state index in [1.165, 1.54) is 0 Å². The van der Waals surface area contributed by atoms with Crippen LogP contribution >= 0.6 is 0 Å². The average Bonchev–Trinajstić information content (AvgIpc) is 2.19. The van der Waals surface area contributed by atoms with E-state index in [0.717, 1.165) is 22.5 Å². The molecule has 0 unspecified atom stereocenters. The number of rotatable bonds is 1. The summed E-state index contributed by atoms with van der Waals surface area (Å²) in [6, 6.07) is 4.21. The third kappa shape index (κ3) is 3.36. The van der Waals surface area contributed by atoms with Gasteiger partial charge in [0.25, 0.3) is 0 Å². The normalized spacial score (nSPS) is 9.20. The molecule has 0 spiro atoms. The molecule has 15 heavy (non-hydrogen) atoms. The van der Waals surface area contributed by atoms with Crippen LogP contribution in [0.5, 0.6) is 0 Å². The van der Waals surface area contributed by atoms with Crippen molar-refractivity contribution in [3.8, 4) is 6.07 Å². The van der Waals surface area contributed by atoms with Crippen molar-refractivity contribution < 1.29 is 0 Å². The SMILES string of the molecule is CC.Cc1cc(C(C)C)c(C#N)c(C)n1. The number of nitriles is 1. The van der Waals surface area contributed by atoms with Gasteiger partial charge in [-0.3, -0.25) is 4.98 Å². The molecule has 0 aliphatic carbocycles. The molecule has 0 saturated carbocycles. The van der Waals surface area contributed by atoms with Crippen LogP contribution in [-0.2, 0) is 0 Å². The summed E-state index contributed by atoms with van der Waals surface area (Å²) in [4.78, 5) is 4.26. The standard InChI is InChI=1S/C11H14N2.C2H6/c1-7(2)10-5-8(3)13-9(4)11(10)6-12;1-2/h5,7H,1-4H3;1-2H3. The quantitative estimate of drug-likeness (QED) is 0.699. The van der Waals surface area contributed by atoms with Gasteiger partial charge in [-0.1, -0.05) is 27.7 Å². The topological polar surface area (TPSA) is 36.7 Å². The minimum Gasteiger partial charge on any atom is -0.257 e. The number of hydrogen-bond acceptors (Lipinski definition) is 2. The Kier molecular flexibility index (Phi) is 5.62. The molecule has 0 N–H and O–H groups in total. The molecule has 0 radical (unpaired) electrons. The van der Waals surface area contributed by atoms with Crippen molar-refractivity contribution >= 4 is 0 Å². The molecule has 0 aromatic carbocycles. The van der Waals surface area contributed by atoms with Crippen LogP contribution in [0, 0.1) is 25.2 Å². The van der Waals surface area contributed by atoms with Crippen molar-refractivity contribution in [2.45, 2.75) is 47.5 Å². The predicted molar refractivity (Wildman–Crippen MR) is 63.9 cm³/mol. The highest BCUT2D eigenvalue weighted by atomic mass is 14.7. The molecular formula is C13H20N2. The van der Waals surface area contributed by atoms with E-state index in [1.54, 1.807) is 0 Å². The highest BCUT2D eigenvalue weighted by Gasteiger charge is 2.10. The monoisotopic (exact) mass is 204 g/mol. The van der Waals surface area contributed by atoms with Gasteiger partial charge in [-0.25, -0.2) is 0 Å². The Bertz CT molecular complexity index is 360. The molecule has 0 aliphatic heterocycles. The van der Waals surface area contributed by atoms with Gasteiger partial charge >= 0.3 is 0 Å². The van der Waals surface area contributed by atoms with E-state index in [4.69, 9.17) is 5.26 Å². The summed E-state index contributed by atoms with van der Waals surface area (Å²) >= 11 is 0. The lowest BCUT2D eigenvalue weighted by molar-refractivity contribution is 0.849. The summed E-state index contributed by atoms with van der Waals surface area (Å²) in [6.45, 7) is 12.0. The summed E-state index contributed by atoms with van der Waals surface area (Å²) in [5.41, 5.74) is 3.67. The number of hydrogen-bond donors (Lipinski definition) is 0. The van der Waals surface area contributed by atoms with Gasteiger partial charge in [0, 0.05) is 5.69 Å². The first-order valence-corrected chi connectivity index (χ1v) is 5.44. The molecule has 0 amide bonds. The maximum atomic E-state index is 8.95. The smallest absolute Gasteiger partial charge is 0.101 e. The van der Waals surface area contributed by atoms with Gasteiger partial charge in [-0.15, -0.1) is 0 Å². The van der Waals surface area contributed by atoms with E-state index in [1.807, 2.05) is 33.8 Å². The van der Waals surface area contributed by atoms with Crippen LogP contribution in [0.1, 0.15) is 56.1 Å². The highest BCUT2D eigenvalue weighted by molar-refractivity contribution is 5.43. The van der Waals surface area contributed by atoms with Crippen LogP contribution in [0.15, 0.2) is 6.07 Å². The molecule has 0 bridgehead atoms. The van der Waals surface area contributed by atoms with Gasteiger partial charge in [0.05, 0.1) is 11.3 Å². The highest BCUT2D eigenvalue weighted by Crippen LogP contribution is 2.21. The van der Waals surface area contributed by atoms with Crippen molar-refractivity contribution in [2.24, 2.45) is 0 Å². The second-order valence-electron chi connectivity index (χ2n) is 3.58. The predicted octanol–water partition coefficient (Wildman–Crippen LogP) is 3.72. The zero-order valence-electron chi connectivity index (χ0n) is 10.5. The Morgan fingerprint density at radius 3 is 2.20 bits per heavy atom. The van der Waals surface area contributed by atoms with Crippen LogP contribution in [0.2, 0.25) is 0 Å². The molecule has 0 saturated heterocycles. The second kappa shape index (κ2) is 6.19. The zero-order chi connectivity index (χ0) is 12.0. The first-order valence-electron chi connectivity index (χ1n) is 5.44. The van der Waals surface area contributed by atoms with Crippen molar-refractivity contribution in [3.63, 3.8) is 0 Å². The Morgan fingerprint density at radius 1 is 1.27 bits per heavy atom. The average molecular weight is 204 g/mol. The van der Waals surface area contributed by atoms with Gasteiger partial charge in [0.1, 0.15) is 6.07 Å². The molecule has 2 heteroatoms. The fraction of sp³-hybridized carbons (Fsp3) is 0.538. The van der Waals surface area contributed by atoms with Gasteiger partial charge < -0.3 is 0 Å². The number of nitrogens with zero attached hydrogens (tertiary/aromatic N) is 2. The van der Waals surface area contributed by atoms with E-state index in [-0.39, 0.29) is 0 Å². The van der Waals surface area contributed by atoms with Crippen LogP contribution in [0.25, 0.3) is 0 Å². The van der Waals surface area contributed by atoms with Crippen LogP contribution in [-0.4, -0.2) is 4.98 Å². The molecule has 0 atom stereocenters. The van der Waals surface area contributed by atoms with Crippen LogP contribution in [0.4, 0.5) is 0 Å². The molecule has 0 aliphatic rings. The van der Waals surface area contributed by atoms with Crippen molar-refractivity contribution in [2.75, 3.05) is 0 Å². The lowest BCUT2D eigenvalue weighted by atomic mass is 9.97. The Hall–Kier alpha value is -1.36. The zero-order valence-corrected chi connectivity index (χ0v) is 10.5. The van der Waals surface area contributed by atoms with Crippen molar-refractivity contribution in [1.29, 1.82) is 5.26 Å². The summed E-state index contributed by atoms with van der Waals surface area (Å²) in [5, 5.41) is 8.95. The van der Waals surface area contributed by atoms with E-state index >= 15 is 0 Å². The Morgan fingerprint density at radius 2 is 1.80 bits per heavy atom. The summed E-state index contributed by atoms with van der Waals surface area (Å²) in [7, 11) is 0. The van der Waals surface area contributed by atoms with Gasteiger partial charge in [0.2, 0.25) is 0 Å². The maximum Gasteiger partial charge on any atom is 0.101 e. The third-order valence-corrected chi connectivity index (χ3v) is 2.09. The van der Waals surface area contributed by atoms with Crippen molar-refractivity contribution in [3.05, 3.63) is 28.6 Å². The molecule has 1 rings (SSSR count). The van der Waals surface area contributed by atoms with Gasteiger partial charge in [-0.2, -0.15) is 5.26 Å². The summed E-state index contributed by atoms with van der Waals surface area (Å²) < 4.78 is 0. The van der Waals surface area contributed by atoms with Crippen LogP contribution < -0.4 is 0 Å². The molecule has 1 aromatic rings. The molecule has 82 valence electrons. The fourth-order valence-electron chi connectivity index (χ4n) is 1.46. The molecule has 0 fully saturated rings. The molecule has 1 heterocycles. The van der Waals surface area contributed by atoms with Gasteiger partial charge in [-0.05, 0) is 31.4 Å². The molecule has 1 aromatic heterocycles. The van der Waals surface area contributed by atoms with Crippen molar-refractivity contribution in [1.82, 2.24) is 4.98 Å². The minimum absolute atomic E-state index is 0.384. The first-order chi connectivity index (χ1) is 7.06.